The molecular formula is C23H25N5O4. The van der Waals surface area contributed by atoms with E-state index in [9.17, 15) is 14.4 Å². The second-order valence-corrected chi connectivity index (χ2v) is 7.91. The van der Waals surface area contributed by atoms with Gasteiger partial charge in [-0.05, 0) is 26.0 Å². The van der Waals surface area contributed by atoms with Crippen LogP contribution in [0.15, 0.2) is 36.5 Å². The number of piperazine rings is 1. The van der Waals surface area contributed by atoms with E-state index >= 15 is 0 Å². The minimum Gasteiger partial charge on any atom is -0.495 e. The van der Waals surface area contributed by atoms with Crippen LogP contribution in [0.4, 0.5) is 0 Å². The number of carbonyl (C=O) groups is 3. The Morgan fingerprint density at radius 2 is 1.84 bits per heavy atom. The lowest BCUT2D eigenvalue weighted by atomic mass is 10.1. The molecule has 1 fully saturated rings. The summed E-state index contributed by atoms with van der Waals surface area (Å²) in [4.78, 5) is 46.6. The number of hydrogen-bond donors (Lipinski definition) is 0. The van der Waals surface area contributed by atoms with Crippen molar-refractivity contribution in [3.05, 3.63) is 53.3 Å². The lowest BCUT2D eigenvalue weighted by Gasteiger charge is -2.39. The molecular weight excluding hydrogens is 410 g/mol. The van der Waals surface area contributed by atoms with Gasteiger partial charge in [0.25, 0.3) is 17.6 Å². The molecule has 32 heavy (non-hydrogen) atoms. The summed E-state index contributed by atoms with van der Waals surface area (Å²) in [6.45, 7) is 4.61. The number of hydrogen-bond acceptors (Lipinski definition) is 6. The number of aryl methyl sites for hydroxylation is 2. The molecule has 0 spiro atoms. The number of nitrogens with zero attached hydrogens (tertiary/aromatic N) is 5. The van der Waals surface area contributed by atoms with Crippen molar-refractivity contribution in [2.24, 2.45) is 7.05 Å². The van der Waals surface area contributed by atoms with Crippen molar-refractivity contribution >= 4 is 28.6 Å². The number of fused-ring (bicyclic) bond motifs is 1. The molecule has 0 saturated carbocycles. The first kappa shape index (κ1) is 21.5. The number of ketones is 1. The topological polar surface area (TPSA) is 97.6 Å². The van der Waals surface area contributed by atoms with E-state index < -0.39 is 11.7 Å². The van der Waals surface area contributed by atoms with Crippen LogP contribution >= 0.6 is 0 Å². The fourth-order valence-electron chi connectivity index (χ4n) is 4.21. The molecule has 1 aliphatic heterocycles. The van der Waals surface area contributed by atoms with Crippen LogP contribution < -0.4 is 4.74 Å². The number of methoxy groups -OCH3 is 1. The highest BCUT2D eigenvalue weighted by Crippen LogP contribution is 2.31. The summed E-state index contributed by atoms with van der Waals surface area (Å²) in [6.07, 6.45) is 1.36. The van der Waals surface area contributed by atoms with Gasteiger partial charge in [-0.15, -0.1) is 0 Å². The van der Waals surface area contributed by atoms with Gasteiger partial charge in [0.05, 0.1) is 23.8 Å². The lowest BCUT2D eigenvalue weighted by Crippen LogP contribution is -2.56. The summed E-state index contributed by atoms with van der Waals surface area (Å²) < 4.78 is 7.10. The van der Waals surface area contributed by atoms with Gasteiger partial charge in [0.1, 0.15) is 5.75 Å². The number of rotatable bonds is 4. The predicted molar refractivity (Wildman–Crippen MR) is 118 cm³/mol. The van der Waals surface area contributed by atoms with Crippen LogP contribution in [-0.2, 0) is 11.8 Å². The maximum atomic E-state index is 13.1. The van der Waals surface area contributed by atoms with E-state index in [4.69, 9.17) is 4.74 Å². The van der Waals surface area contributed by atoms with E-state index in [1.165, 1.54) is 18.2 Å². The SMILES string of the molecule is COc1c(C(=O)C(=O)N2CCN(C(=O)c3ccccc3)CC2C)cnc2c1c(C)nn2C. The number of ether oxygens (including phenoxy) is 1. The summed E-state index contributed by atoms with van der Waals surface area (Å²) in [5, 5.41) is 4.94. The van der Waals surface area contributed by atoms with E-state index in [1.54, 1.807) is 35.7 Å². The van der Waals surface area contributed by atoms with E-state index in [0.717, 1.165) is 0 Å². The highest BCUT2D eigenvalue weighted by molar-refractivity contribution is 6.43. The first-order chi connectivity index (χ1) is 15.3. The molecule has 166 valence electrons. The third-order valence-corrected chi connectivity index (χ3v) is 5.82. The van der Waals surface area contributed by atoms with Crippen LogP contribution in [0.2, 0.25) is 0 Å². The highest BCUT2D eigenvalue weighted by Gasteiger charge is 2.35. The van der Waals surface area contributed by atoms with Crippen LogP contribution in [0.25, 0.3) is 11.0 Å². The van der Waals surface area contributed by atoms with Crippen molar-refractivity contribution in [1.82, 2.24) is 24.6 Å². The first-order valence-electron chi connectivity index (χ1n) is 10.4. The quantitative estimate of drug-likeness (QED) is 0.458. The second kappa shape index (κ2) is 8.41. The van der Waals surface area contributed by atoms with Gasteiger partial charge in [-0.2, -0.15) is 5.10 Å². The van der Waals surface area contributed by atoms with Gasteiger partial charge < -0.3 is 14.5 Å². The predicted octanol–water partition coefficient (Wildman–Crippen LogP) is 1.84. The molecule has 4 rings (SSSR count). The molecule has 3 heterocycles. The Balaban J connectivity index is 1.55. The van der Waals surface area contributed by atoms with E-state index in [2.05, 4.69) is 10.1 Å². The van der Waals surface area contributed by atoms with Gasteiger partial charge in [0.2, 0.25) is 0 Å². The number of Topliss-reactive ketones (excluding diaryl/α,β-unsaturated/α-hetero) is 1. The molecule has 9 nitrogen and oxygen atoms in total. The molecule has 1 aliphatic rings. The summed E-state index contributed by atoms with van der Waals surface area (Å²) in [6, 6.07) is 8.72. The van der Waals surface area contributed by atoms with Crippen molar-refractivity contribution in [2.45, 2.75) is 19.9 Å². The molecule has 2 amide bonds. The van der Waals surface area contributed by atoms with Crippen molar-refractivity contribution < 1.29 is 19.1 Å². The Morgan fingerprint density at radius 1 is 1.12 bits per heavy atom. The number of benzene rings is 1. The molecule has 0 N–H and O–H groups in total. The van der Waals surface area contributed by atoms with Crippen molar-refractivity contribution in [3.63, 3.8) is 0 Å². The average Bonchev–Trinajstić information content (AvgIpc) is 3.11. The summed E-state index contributed by atoms with van der Waals surface area (Å²) in [5.41, 5.74) is 1.95. The van der Waals surface area contributed by atoms with Gasteiger partial charge in [0.15, 0.2) is 5.65 Å². The Bertz CT molecular complexity index is 1200. The second-order valence-electron chi connectivity index (χ2n) is 7.91. The van der Waals surface area contributed by atoms with Crippen LogP contribution in [0.5, 0.6) is 5.75 Å². The number of amides is 2. The van der Waals surface area contributed by atoms with Gasteiger partial charge in [-0.25, -0.2) is 4.98 Å². The lowest BCUT2D eigenvalue weighted by molar-refractivity contribution is -0.130. The maximum Gasteiger partial charge on any atom is 0.295 e. The third kappa shape index (κ3) is 3.59. The normalized spacial score (nSPS) is 16.3. The van der Waals surface area contributed by atoms with Crippen LogP contribution in [0, 0.1) is 6.92 Å². The van der Waals surface area contributed by atoms with Crippen LogP contribution in [-0.4, -0.2) is 74.9 Å². The number of aromatic nitrogens is 3. The molecule has 3 aromatic rings. The zero-order valence-corrected chi connectivity index (χ0v) is 18.5. The largest absolute Gasteiger partial charge is 0.495 e. The Kier molecular flexibility index (Phi) is 5.65. The molecule has 1 aromatic carbocycles. The van der Waals surface area contributed by atoms with E-state index in [1.807, 2.05) is 25.1 Å². The van der Waals surface area contributed by atoms with Crippen molar-refractivity contribution in [1.29, 1.82) is 0 Å². The zero-order valence-electron chi connectivity index (χ0n) is 18.5. The van der Waals surface area contributed by atoms with Gasteiger partial charge in [-0.3, -0.25) is 19.1 Å². The maximum absolute atomic E-state index is 13.1. The van der Waals surface area contributed by atoms with Crippen molar-refractivity contribution in [2.75, 3.05) is 26.7 Å². The fraction of sp³-hybridized carbons (Fsp3) is 0.348. The average molecular weight is 435 g/mol. The van der Waals surface area contributed by atoms with E-state index in [0.29, 0.717) is 41.1 Å². The summed E-state index contributed by atoms with van der Waals surface area (Å²) >= 11 is 0. The fourth-order valence-corrected chi connectivity index (χ4v) is 4.21. The molecule has 1 unspecified atom stereocenters. The molecule has 0 bridgehead atoms. The molecule has 1 saturated heterocycles. The molecule has 1 atom stereocenters. The first-order valence-corrected chi connectivity index (χ1v) is 10.4. The standard InChI is InChI=1S/C23H25N5O4/c1-14-13-27(22(30)16-8-6-5-7-9-16)10-11-28(14)23(31)19(29)17-12-24-21-18(20(17)32-4)15(2)25-26(21)3/h5-9,12,14H,10-11,13H2,1-4H3. The van der Waals surface area contributed by atoms with Crippen LogP contribution in [0.1, 0.15) is 33.3 Å². The smallest absolute Gasteiger partial charge is 0.295 e. The Labute approximate surface area is 185 Å². The monoisotopic (exact) mass is 435 g/mol. The number of pyridine rings is 1. The van der Waals surface area contributed by atoms with Crippen molar-refractivity contribution in [3.8, 4) is 5.75 Å². The molecule has 0 radical (unpaired) electrons. The Morgan fingerprint density at radius 3 is 2.50 bits per heavy atom. The molecule has 9 heteroatoms. The molecule has 0 aliphatic carbocycles. The highest BCUT2D eigenvalue weighted by atomic mass is 16.5. The van der Waals surface area contributed by atoms with Gasteiger partial charge in [-0.1, -0.05) is 18.2 Å². The van der Waals surface area contributed by atoms with Gasteiger partial charge in [0, 0.05) is 44.5 Å². The van der Waals surface area contributed by atoms with Gasteiger partial charge >= 0.3 is 0 Å². The minimum absolute atomic E-state index is 0.0840. The van der Waals surface area contributed by atoms with E-state index in [-0.39, 0.29) is 24.1 Å². The number of carbonyl (C=O) groups excluding carboxylic acids is 3. The summed E-state index contributed by atoms with van der Waals surface area (Å²) in [5.74, 6) is -1.11. The summed E-state index contributed by atoms with van der Waals surface area (Å²) in [7, 11) is 3.21. The zero-order chi connectivity index (χ0) is 23.0. The van der Waals surface area contributed by atoms with Crippen LogP contribution in [0.3, 0.4) is 0 Å². The third-order valence-electron chi connectivity index (χ3n) is 5.82. The Hall–Kier alpha value is -3.75. The minimum atomic E-state index is -0.686. The molecule has 2 aromatic heterocycles.